The second-order valence-corrected chi connectivity index (χ2v) is 10.3. The van der Waals surface area contributed by atoms with E-state index in [9.17, 15) is 0 Å². The summed E-state index contributed by atoms with van der Waals surface area (Å²) in [5, 5.41) is 5.97. The van der Waals surface area contributed by atoms with Gasteiger partial charge in [0.25, 0.3) is 0 Å². The monoisotopic (exact) mass is 552 g/mol. The molecule has 0 fully saturated rings. The molecule has 0 spiro atoms. The number of nitrogens with zero attached hydrogens (tertiary/aromatic N) is 3. The summed E-state index contributed by atoms with van der Waals surface area (Å²) in [6, 6.07) is 40.3. The summed E-state index contributed by atoms with van der Waals surface area (Å²) in [7, 11) is 0. The molecule has 1 aliphatic rings. The number of benzene rings is 4. The molecule has 0 bridgehead atoms. The summed E-state index contributed by atoms with van der Waals surface area (Å²) >= 11 is 3.66. The van der Waals surface area contributed by atoms with Gasteiger partial charge >= 0.3 is 0 Å². The van der Waals surface area contributed by atoms with Crippen molar-refractivity contribution in [3.63, 3.8) is 0 Å². The number of pyridine rings is 1. The summed E-state index contributed by atoms with van der Waals surface area (Å²) < 4.78 is 3.35. The second-order valence-electron chi connectivity index (χ2n) is 9.38. The zero-order chi connectivity index (χ0) is 25.5. The van der Waals surface area contributed by atoms with E-state index in [0.29, 0.717) is 6.54 Å². The van der Waals surface area contributed by atoms with Crippen LogP contribution >= 0.6 is 15.9 Å². The summed E-state index contributed by atoms with van der Waals surface area (Å²) in [5.41, 5.74) is 10.9. The van der Waals surface area contributed by atoms with E-state index in [0.717, 1.165) is 55.1 Å². The van der Waals surface area contributed by atoms with Crippen molar-refractivity contribution in [3.05, 3.63) is 137 Å². The normalized spacial score (nSPS) is 12.3. The van der Waals surface area contributed by atoms with Crippen molar-refractivity contribution in [3.8, 4) is 39.3 Å². The number of halogens is 1. The first-order valence-electron chi connectivity index (χ1n) is 12.7. The van der Waals surface area contributed by atoms with Crippen molar-refractivity contribution in [1.82, 2.24) is 9.55 Å². The van der Waals surface area contributed by atoms with E-state index < -0.39 is 0 Å². The molecule has 38 heavy (non-hydrogen) atoms. The lowest BCUT2D eigenvalue weighted by atomic mass is 10.00. The highest BCUT2D eigenvalue weighted by Crippen LogP contribution is 2.42. The van der Waals surface area contributed by atoms with Crippen molar-refractivity contribution in [2.75, 3.05) is 6.54 Å². The Balaban J connectivity index is 1.35. The van der Waals surface area contributed by atoms with Gasteiger partial charge in [-0.2, -0.15) is 0 Å². The molecule has 3 nitrogen and oxygen atoms in total. The molecular formula is C34H23BrN3-. The maximum atomic E-state index is 5.08. The van der Waals surface area contributed by atoms with E-state index in [1.165, 1.54) is 10.9 Å². The van der Waals surface area contributed by atoms with E-state index in [-0.39, 0.29) is 0 Å². The molecule has 0 unspecified atom stereocenters. The van der Waals surface area contributed by atoms with Gasteiger partial charge in [-0.3, -0.25) is 0 Å². The number of aromatic nitrogens is 2. The first-order chi connectivity index (χ1) is 18.7. The highest BCUT2D eigenvalue weighted by atomic mass is 79.9. The third-order valence-electron chi connectivity index (χ3n) is 6.99. The standard InChI is InChI=1S/C34H23BrN3/c35-27-15-18-29-33(22-27)38(32-12-7-19-36-34(29)32)28-16-13-25(14-17-28)31-21-26(23-8-3-1-4-9-23)20-30(37-31)24-10-5-2-6-11-24/h1-18,20-22H,19H2/q-1. The van der Waals surface area contributed by atoms with E-state index >= 15 is 0 Å². The minimum atomic E-state index is 0.717. The van der Waals surface area contributed by atoms with Crippen LogP contribution in [0, 0.1) is 0 Å². The molecule has 182 valence electrons. The lowest BCUT2D eigenvalue weighted by molar-refractivity contribution is 1.10. The first-order valence-corrected chi connectivity index (χ1v) is 13.5. The van der Waals surface area contributed by atoms with Gasteiger partial charge in [0.15, 0.2) is 0 Å². The maximum absolute atomic E-state index is 5.08. The quantitative estimate of drug-likeness (QED) is 0.214. The average molecular weight is 553 g/mol. The largest absolute Gasteiger partial charge is 0.679 e. The van der Waals surface area contributed by atoms with Crippen LogP contribution in [0.3, 0.4) is 0 Å². The Kier molecular flexibility index (Phi) is 5.67. The van der Waals surface area contributed by atoms with Crippen molar-refractivity contribution >= 4 is 38.6 Å². The fourth-order valence-corrected chi connectivity index (χ4v) is 5.53. The fourth-order valence-electron chi connectivity index (χ4n) is 5.18. The van der Waals surface area contributed by atoms with E-state index in [1.54, 1.807) is 0 Å². The van der Waals surface area contributed by atoms with E-state index in [2.05, 4.69) is 136 Å². The molecule has 7 rings (SSSR count). The third-order valence-corrected chi connectivity index (χ3v) is 7.49. The summed E-state index contributed by atoms with van der Waals surface area (Å²) in [6.45, 7) is 0.717. The Labute approximate surface area is 230 Å². The molecule has 0 saturated carbocycles. The van der Waals surface area contributed by atoms with Gasteiger partial charge in [-0.15, -0.1) is 18.3 Å². The SMILES string of the molecule is Brc1ccc2c3c(n(-c4ccc(-c5cc(-c6ccccc6)cc(-c6ccccc6)n5)cc4)c2c1)C=CC[N-]3. The minimum absolute atomic E-state index is 0.717. The van der Waals surface area contributed by atoms with Gasteiger partial charge in [-0.1, -0.05) is 94.8 Å². The number of hydrogen-bond acceptors (Lipinski definition) is 1. The third kappa shape index (κ3) is 4.04. The predicted molar refractivity (Wildman–Crippen MR) is 162 cm³/mol. The Hall–Kier alpha value is -4.41. The molecule has 2 aromatic heterocycles. The molecule has 1 aliphatic heterocycles. The van der Waals surface area contributed by atoms with Crippen molar-refractivity contribution < 1.29 is 0 Å². The number of fused-ring (bicyclic) bond motifs is 3. The minimum Gasteiger partial charge on any atom is -0.679 e. The molecule has 0 saturated heterocycles. The predicted octanol–water partition coefficient (Wildman–Crippen LogP) is 9.82. The van der Waals surface area contributed by atoms with Gasteiger partial charge in [-0.25, -0.2) is 4.98 Å². The van der Waals surface area contributed by atoms with Gasteiger partial charge in [0.05, 0.1) is 16.9 Å². The van der Waals surface area contributed by atoms with Gasteiger partial charge in [0.1, 0.15) is 0 Å². The lowest BCUT2D eigenvalue weighted by Gasteiger charge is -2.24. The molecule has 3 heterocycles. The highest BCUT2D eigenvalue weighted by Gasteiger charge is 2.15. The Bertz CT molecular complexity index is 1740. The van der Waals surface area contributed by atoms with Gasteiger partial charge in [0.2, 0.25) is 0 Å². The molecule has 0 radical (unpaired) electrons. The Morgan fingerprint density at radius 3 is 2.03 bits per heavy atom. The summed E-state index contributed by atoms with van der Waals surface area (Å²) in [6.07, 6.45) is 4.30. The van der Waals surface area contributed by atoms with Crippen molar-refractivity contribution in [2.24, 2.45) is 0 Å². The van der Waals surface area contributed by atoms with Crippen molar-refractivity contribution in [2.45, 2.75) is 0 Å². The molecule has 0 amide bonds. The highest BCUT2D eigenvalue weighted by molar-refractivity contribution is 9.10. The first kappa shape index (κ1) is 22.8. The van der Waals surface area contributed by atoms with Crippen LogP contribution in [0.1, 0.15) is 5.69 Å². The van der Waals surface area contributed by atoms with E-state index in [4.69, 9.17) is 10.3 Å². The van der Waals surface area contributed by atoms with Gasteiger partial charge < -0.3 is 9.88 Å². The van der Waals surface area contributed by atoms with Crippen LogP contribution in [0.15, 0.2) is 126 Å². The fraction of sp³-hybridized carbons (Fsp3) is 0.0294. The van der Waals surface area contributed by atoms with Crippen LogP contribution in [0.4, 0.5) is 5.69 Å². The van der Waals surface area contributed by atoms with Gasteiger partial charge in [-0.05, 0) is 59.0 Å². The van der Waals surface area contributed by atoms with Crippen LogP contribution in [-0.4, -0.2) is 16.1 Å². The zero-order valence-electron chi connectivity index (χ0n) is 20.6. The van der Waals surface area contributed by atoms with Crippen LogP contribution in [-0.2, 0) is 0 Å². The smallest absolute Gasteiger partial charge is 0.0715 e. The summed E-state index contributed by atoms with van der Waals surface area (Å²) in [4.78, 5) is 5.08. The summed E-state index contributed by atoms with van der Waals surface area (Å²) in [5.74, 6) is 0. The molecule has 0 atom stereocenters. The van der Waals surface area contributed by atoms with E-state index in [1.807, 2.05) is 12.1 Å². The number of hydrogen-bond donors (Lipinski definition) is 0. The topological polar surface area (TPSA) is 31.9 Å². The van der Waals surface area contributed by atoms with Crippen LogP contribution in [0.25, 0.3) is 61.6 Å². The van der Waals surface area contributed by atoms with Crippen molar-refractivity contribution in [1.29, 1.82) is 0 Å². The zero-order valence-corrected chi connectivity index (χ0v) is 22.1. The Morgan fingerprint density at radius 2 is 1.32 bits per heavy atom. The van der Waals surface area contributed by atoms with Crippen LogP contribution < -0.4 is 0 Å². The molecule has 4 heteroatoms. The molecular weight excluding hydrogens is 530 g/mol. The molecule has 0 N–H and O–H groups in total. The Morgan fingerprint density at radius 1 is 0.658 bits per heavy atom. The lowest BCUT2D eigenvalue weighted by Crippen LogP contribution is -1.98. The second kappa shape index (κ2) is 9.47. The average Bonchev–Trinajstić information content (AvgIpc) is 3.31. The van der Waals surface area contributed by atoms with Gasteiger partial charge in [0, 0.05) is 27.0 Å². The van der Waals surface area contributed by atoms with Crippen LogP contribution in [0.5, 0.6) is 0 Å². The number of rotatable bonds is 4. The molecule has 0 aliphatic carbocycles. The molecule has 4 aromatic carbocycles. The molecule has 6 aromatic rings. The maximum Gasteiger partial charge on any atom is 0.0715 e. The van der Waals surface area contributed by atoms with Crippen LogP contribution in [0.2, 0.25) is 0 Å².